The quantitative estimate of drug-likeness (QED) is 0.896. The molecule has 0 spiro atoms. The molecule has 1 aromatic carbocycles. The summed E-state index contributed by atoms with van der Waals surface area (Å²) in [6, 6.07) is 8.19. The standard InChI is InChI=1S/C17H25NO/c1-14(2)12-18-9-7-16(8-10-18)11-15-3-5-17(13-19)6-4-15/h3-6,11,14,19H,7-10,12-13H2,1-2H3. The molecule has 0 radical (unpaired) electrons. The summed E-state index contributed by atoms with van der Waals surface area (Å²) in [6.45, 7) is 8.30. The molecule has 0 unspecified atom stereocenters. The summed E-state index contributed by atoms with van der Waals surface area (Å²) in [5.41, 5.74) is 3.79. The number of likely N-dealkylation sites (tertiary alicyclic amines) is 1. The van der Waals surface area contributed by atoms with Crippen LogP contribution in [0.3, 0.4) is 0 Å². The van der Waals surface area contributed by atoms with Gasteiger partial charge in [-0.05, 0) is 29.9 Å². The highest BCUT2D eigenvalue weighted by atomic mass is 16.3. The van der Waals surface area contributed by atoms with E-state index in [0.717, 1.165) is 11.5 Å². The zero-order chi connectivity index (χ0) is 13.7. The predicted octanol–water partition coefficient (Wildman–Crippen LogP) is 3.31. The molecule has 1 saturated heterocycles. The third-order valence-corrected chi connectivity index (χ3v) is 3.65. The number of aliphatic hydroxyl groups excluding tert-OH is 1. The Kier molecular flexibility index (Phi) is 5.17. The fraction of sp³-hybridized carbons (Fsp3) is 0.529. The van der Waals surface area contributed by atoms with Crippen LogP contribution in [0.4, 0.5) is 0 Å². The molecule has 0 aliphatic carbocycles. The molecule has 0 amide bonds. The minimum absolute atomic E-state index is 0.126. The van der Waals surface area contributed by atoms with Crippen LogP contribution in [0, 0.1) is 5.92 Å². The second-order valence-corrected chi connectivity index (χ2v) is 5.90. The van der Waals surface area contributed by atoms with E-state index < -0.39 is 0 Å². The Labute approximate surface area is 116 Å². The van der Waals surface area contributed by atoms with Gasteiger partial charge < -0.3 is 10.0 Å². The van der Waals surface area contributed by atoms with Gasteiger partial charge in [0, 0.05) is 19.6 Å². The molecule has 0 atom stereocenters. The highest BCUT2D eigenvalue weighted by molar-refractivity contribution is 5.53. The van der Waals surface area contributed by atoms with Gasteiger partial charge in [0.25, 0.3) is 0 Å². The van der Waals surface area contributed by atoms with Crippen LogP contribution >= 0.6 is 0 Å². The monoisotopic (exact) mass is 259 g/mol. The van der Waals surface area contributed by atoms with Crippen molar-refractivity contribution in [2.24, 2.45) is 5.92 Å². The average molecular weight is 259 g/mol. The largest absolute Gasteiger partial charge is 0.392 e. The van der Waals surface area contributed by atoms with E-state index in [9.17, 15) is 0 Å². The molecule has 1 N–H and O–H groups in total. The minimum Gasteiger partial charge on any atom is -0.392 e. The van der Waals surface area contributed by atoms with E-state index in [-0.39, 0.29) is 6.61 Å². The Hall–Kier alpha value is -1.12. The van der Waals surface area contributed by atoms with Gasteiger partial charge in [0.15, 0.2) is 0 Å². The summed E-state index contributed by atoms with van der Waals surface area (Å²) < 4.78 is 0. The Bertz CT molecular complexity index is 409. The Balaban J connectivity index is 1.91. The lowest BCUT2D eigenvalue weighted by Crippen LogP contribution is -2.33. The van der Waals surface area contributed by atoms with Crippen molar-refractivity contribution in [1.82, 2.24) is 4.90 Å². The number of aliphatic hydroxyl groups is 1. The zero-order valence-electron chi connectivity index (χ0n) is 12.1. The molecule has 1 fully saturated rings. The molecule has 0 saturated carbocycles. The van der Waals surface area contributed by atoms with Crippen molar-refractivity contribution in [3.05, 3.63) is 41.0 Å². The van der Waals surface area contributed by atoms with Crippen LogP contribution in [0.2, 0.25) is 0 Å². The van der Waals surface area contributed by atoms with Gasteiger partial charge >= 0.3 is 0 Å². The first-order valence-corrected chi connectivity index (χ1v) is 7.29. The molecule has 0 bridgehead atoms. The van der Waals surface area contributed by atoms with Gasteiger partial charge in [0.2, 0.25) is 0 Å². The fourth-order valence-corrected chi connectivity index (χ4v) is 2.64. The highest BCUT2D eigenvalue weighted by Crippen LogP contribution is 2.20. The lowest BCUT2D eigenvalue weighted by Gasteiger charge is -2.29. The summed E-state index contributed by atoms with van der Waals surface area (Å²) in [7, 11) is 0. The van der Waals surface area contributed by atoms with Gasteiger partial charge in [-0.3, -0.25) is 0 Å². The van der Waals surface area contributed by atoms with Crippen LogP contribution in [-0.4, -0.2) is 29.6 Å². The second kappa shape index (κ2) is 6.88. The number of hydrogen-bond donors (Lipinski definition) is 1. The van der Waals surface area contributed by atoms with Crippen molar-refractivity contribution in [2.75, 3.05) is 19.6 Å². The third-order valence-electron chi connectivity index (χ3n) is 3.65. The Morgan fingerprint density at radius 3 is 2.32 bits per heavy atom. The van der Waals surface area contributed by atoms with Crippen LogP contribution in [0.25, 0.3) is 6.08 Å². The molecule has 1 aliphatic rings. The van der Waals surface area contributed by atoms with E-state index in [2.05, 4.69) is 37.0 Å². The number of piperidine rings is 1. The summed E-state index contributed by atoms with van der Waals surface area (Å²) in [5, 5.41) is 9.03. The molecule has 2 nitrogen and oxygen atoms in total. The molecular weight excluding hydrogens is 234 g/mol. The van der Waals surface area contributed by atoms with E-state index in [0.29, 0.717) is 0 Å². The van der Waals surface area contributed by atoms with Crippen LogP contribution in [0.5, 0.6) is 0 Å². The van der Waals surface area contributed by atoms with Crippen molar-refractivity contribution in [3.63, 3.8) is 0 Å². The number of rotatable bonds is 4. The van der Waals surface area contributed by atoms with Gasteiger partial charge in [-0.2, -0.15) is 0 Å². The lowest BCUT2D eigenvalue weighted by molar-refractivity contribution is 0.230. The predicted molar refractivity (Wildman–Crippen MR) is 80.9 cm³/mol. The van der Waals surface area contributed by atoms with E-state index in [1.54, 1.807) is 5.57 Å². The van der Waals surface area contributed by atoms with E-state index >= 15 is 0 Å². The van der Waals surface area contributed by atoms with E-state index in [4.69, 9.17) is 5.11 Å². The minimum atomic E-state index is 0.126. The molecule has 2 heteroatoms. The van der Waals surface area contributed by atoms with Crippen LogP contribution in [0.15, 0.2) is 29.8 Å². The molecule has 1 heterocycles. The third kappa shape index (κ3) is 4.48. The SMILES string of the molecule is CC(C)CN1CCC(=Cc2ccc(CO)cc2)CC1. The maximum absolute atomic E-state index is 9.03. The first kappa shape index (κ1) is 14.3. The topological polar surface area (TPSA) is 23.5 Å². The summed E-state index contributed by atoms with van der Waals surface area (Å²) in [4.78, 5) is 2.57. The number of benzene rings is 1. The summed E-state index contributed by atoms with van der Waals surface area (Å²) in [5.74, 6) is 0.761. The highest BCUT2D eigenvalue weighted by Gasteiger charge is 2.14. The fourth-order valence-electron chi connectivity index (χ4n) is 2.64. The van der Waals surface area contributed by atoms with Crippen molar-refractivity contribution in [2.45, 2.75) is 33.3 Å². The lowest BCUT2D eigenvalue weighted by atomic mass is 9.99. The summed E-state index contributed by atoms with van der Waals surface area (Å²) in [6.07, 6.45) is 4.69. The van der Waals surface area contributed by atoms with Crippen molar-refractivity contribution in [3.8, 4) is 0 Å². The van der Waals surface area contributed by atoms with E-state index in [1.165, 1.54) is 38.0 Å². The maximum atomic E-state index is 9.03. The molecule has 19 heavy (non-hydrogen) atoms. The smallest absolute Gasteiger partial charge is 0.0681 e. The van der Waals surface area contributed by atoms with Gasteiger partial charge in [0.1, 0.15) is 0 Å². The number of hydrogen-bond acceptors (Lipinski definition) is 2. The molecule has 104 valence electrons. The van der Waals surface area contributed by atoms with Crippen LogP contribution < -0.4 is 0 Å². The molecule has 1 aliphatic heterocycles. The van der Waals surface area contributed by atoms with Crippen LogP contribution in [0.1, 0.15) is 37.8 Å². The van der Waals surface area contributed by atoms with Crippen LogP contribution in [-0.2, 0) is 6.61 Å². The maximum Gasteiger partial charge on any atom is 0.0681 e. The number of nitrogens with zero attached hydrogens (tertiary/aromatic N) is 1. The van der Waals surface area contributed by atoms with E-state index in [1.807, 2.05) is 12.1 Å². The Morgan fingerprint density at radius 1 is 1.16 bits per heavy atom. The summed E-state index contributed by atoms with van der Waals surface area (Å²) >= 11 is 0. The average Bonchev–Trinajstić information content (AvgIpc) is 2.41. The van der Waals surface area contributed by atoms with Crippen molar-refractivity contribution in [1.29, 1.82) is 0 Å². The molecule has 2 rings (SSSR count). The van der Waals surface area contributed by atoms with Crippen molar-refractivity contribution < 1.29 is 5.11 Å². The normalized spacial score (nSPS) is 16.9. The van der Waals surface area contributed by atoms with Gasteiger partial charge in [0.05, 0.1) is 6.61 Å². The van der Waals surface area contributed by atoms with Gasteiger partial charge in [-0.25, -0.2) is 0 Å². The molecule has 0 aromatic heterocycles. The first-order valence-electron chi connectivity index (χ1n) is 7.29. The first-order chi connectivity index (χ1) is 9.17. The van der Waals surface area contributed by atoms with Gasteiger partial charge in [-0.15, -0.1) is 0 Å². The zero-order valence-corrected chi connectivity index (χ0v) is 12.1. The molecular formula is C17H25NO. The molecule has 1 aromatic rings. The van der Waals surface area contributed by atoms with Gasteiger partial charge in [-0.1, -0.05) is 49.8 Å². The van der Waals surface area contributed by atoms with Crippen molar-refractivity contribution >= 4 is 6.08 Å². The Morgan fingerprint density at radius 2 is 1.79 bits per heavy atom. The second-order valence-electron chi connectivity index (χ2n) is 5.90.